The molecule has 0 spiro atoms. The first-order valence-electron chi connectivity index (χ1n) is 7.96. The standard InChI is InChI=1S/C18H13BrN4O2S2/c1-10-5-6-13-14(7-10)27-17(20-13)21-15(24)9-26-18-23-22-16(25-18)11-3-2-4-12(19)8-11/h2-8H,9H2,1H3,(H,20,21,24). The van der Waals surface area contributed by atoms with E-state index in [9.17, 15) is 4.79 Å². The highest BCUT2D eigenvalue weighted by Crippen LogP contribution is 2.28. The summed E-state index contributed by atoms with van der Waals surface area (Å²) in [5.41, 5.74) is 2.86. The largest absolute Gasteiger partial charge is 0.411 e. The fourth-order valence-corrected chi connectivity index (χ4v) is 4.32. The zero-order valence-electron chi connectivity index (χ0n) is 14.1. The van der Waals surface area contributed by atoms with Crippen LogP contribution in [-0.4, -0.2) is 26.8 Å². The van der Waals surface area contributed by atoms with E-state index in [1.165, 1.54) is 23.1 Å². The number of halogens is 1. The average molecular weight is 461 g/mol. The van der Waals surface area contributed by atoms with E-state index in [0.29, 0.717) is 16.2 Å². The topological polar surface area (TPSA) is 80.9 Å². The molecule has 27 heavy (non-hydrogen) atoms. The van der Waals surface area contributed by atoms with Crippen molar-refractivity contribution >= 4 is 60.3 Å². The molecule has 6 nitrogen and oxygen atoms in total. The van der Waals surface area contributed by atoms with Crippen LogP contribution in [0.3, 0.4) is 0 Å². The third kappa shape index (κ3) is 4.37. The van der Waals surface area contributed by atoms with Gasteiger partial charge in [0.2, 0.25) is 11.8 Å². The summed E-state index contributed by atoms with van der Waals surface area (Å²) >= 11 is 6.06. The molecule has 4 rings (SSSR count). The van der Waals surface area contributed by atoms with Gasteiger partial charge in [0.25, 0.3) is 5.22 Å². The molecule has 0 aliphatic heterocycles. The molecule has 136 valence electrons. The summed E-state index contributed by atoms with van der Waals surface area (Å²) in [6.45, 7) is 2.03. The molecule has 0 unspecified atom stereocenters. The Morgan fingerprint density at radius 1 is 1.26 bits per heavy atom. The summed E-state index contributed by atoms with van der Waals surface area (Å²) in [6.07, 6.45) is 0. The van der Waals surface area contributed by atoms with Crippen molar-refractivity contribution in [2.75, 3.05) is 11.1 Å². The van der Waals surface area contributed by atoms with Gasteiger partial charge in [0, 0.05) is 10.0 Å². The Balaban J connectivity index is 1.37. The van der Waals surface area contributed by atoms with Gasteiger partial charge in [-0.25, -0.2) is 4.98 Å². The average Bonchev–Trinajstić information content (AvgIpc) is 3.26. The molecule has 0 atom stereocenters. The van der Waals surface area contributed by atoms with E-state index in [1.807, 2.05) is 43.3 Å². The molecular weight excluding hydrogens is 448 g/mol. The third-order valence-electron chi connectivity index (χ3n) is 3.60. The first-order chi connectivity index (χ1) is 13.1. The molecule has 2 aromatic carbocycles. The minimum absolute atomic E-state index is 0.162. The van der Waals surface area contributed by atoms with Crippen LogP contribution in [0.4, 0.5) is 5.13 Å². The number of aromatic nitrogens is 3. The number of carbonyl (C=O) groups is 1. The van der Waals surface area contributed by atoms with Crippen LogP contribution in [0, 0.1) is 6.92 Å². The molecule has 0 bridgehead atoms. The Bertz CT molecular complexity index is 1130. The molecule has 0 aliphatic carbocycles. The van der Waals surface area contributed by atoms with E-state index < -0.39 is 0 Å². The monoisotopic (exact) mass is 460 g/mol. The number of rotatable bonds is 5. The van der Waals surface area contributed by atoms with Gasteiger partial charge in [-0.1, -0.05) is 51.2 Å². The van der Waals surface area contributed by atoms with Crippen molar-refractivity contribution < 1.29 is 9.21 Å². The highest BCUT2D eigenvalue weighted by molar-refractivity contribution is 9.10. The van der Waals surface area contributed by atoms with E-state index in [-0.39, 0.29) is 11.7 Å². The van der Waals surface area contributed by atoms with E-state index in [4.69, 9.17) is 4.42 Å². The summed E-state index contributed by atoms with van der Waals surface area (Å²) in [4.78, 5) is 16.6. The lowest BCUT2D eigenvalue weighted by atomic mass is 10.2. The maximum atomic E-state index is 12.2. The van der Waals surface area contributed by atoms with Gasteiger partial charge in [-0.15, -0.1) is 10.2 Å². The second kappa shape index (κ2) is 7.79. The molecule has 0 radical (unpaired) electrons. The van der Waals surface area contributed by atoms with Crippen molar-refractivity contribution in [1.29, 1.82) is 0 Å². The predicted octanol–water partition coefficient (Wildman–Crippen LogP) is 5.15. The maximum Gasteiger partial charge on any atom is 0.277 e. The SMILES string of the molecule is Cc1ccc2nc(NC(=O)CSc3nnc(-c4cccc(Br)c4)o3)sc2c1. The van der Waals surface area contributed by atoms with Crippen LogP contribution < -0.4 is 5.32 Å². The Morgan fingerprint density at radius 2 is 2.15 bits per heavy atom. The summed E-state index contributed by atoms with van der Waals surface area (Å²) in [5, 5.41) is 11.8. The number of aryl methyl sites for hydroxylation is 1. The number of thiazole rings is 1. The minimum Gasteiger partial charge on any atom is -0.411 e. The van der Waals surface area contributed by atoms with Crippen molar-refractivity contribution in [3.8, 4) is 11.5 Å². The molecule has 9 heteroatoms. The van der Waals surface area contributed by atoms with Gasteiger partial charge in [0.1, 0.15) is 0 Å². The zero-order chi connectivity index (χ0) is 18.8. The number of fused-ring (bicyclic) bond motifs is 1. The summed E-state index contributed by atoms with van der Waals surface area (Å²) < 4.78 is 7.59. The quantitative estimate of drug-likeness (QED) is 0.414. The van der Waals surface area contributed by atoms with Crippen LogP contribution in [0.25, 0.3) is 21.7 Å². The number of anilines is 1. The van der Waals surface area contributed by atoms with Crippen LogP contribution in [0.15, 0.2) is 56.6 Å². The first kappa shape index (κ1) is 18.1. The molecule has 4 aromatic rings. The molecule has 0 saturated carbocycles. The number of thioether (sulfide) groups is 1. The van der Waals surface area contributed by atoms with Gasteiger partial charge < -0.3 is 9.73 Å². The molecular formula is C18H13BrN4O2S2. The lowest BCUT2D eigenvalue weighted by molar-refractivity contribution is -0.113. The Labute approximate surface area is 171 Å². The second-order valence-electron chi connectivity index (χ2n) is 5.71. The molecule has 1 N–H and O–H groups in total. The Kier molecular flexibility index (Phi) is 5.24. The molecule has 2 heterocycles. The zero-order valence-corrected chi connectivity index (χ0v) is 17.3. The van der Waals surface area contributed by atoms with Crippen LogP contribution in [-0.2, 0) is 4.79 Å². The number of hydrogen-bond donors (Lipinski definition) is 1. The molecule has 0 saturated heterocycles. The van der Waals surface area contributed by atoms with E-state index in [0.717, 1.165) is 25.8 Å². The van der Waals surface area contributed by atoms with Gasteiger partial charge in [-0.05, 0) is 42.8 Å². The van der Waals surface area contributed by atoms with E-state index >= 15 is 0 Å². The first-order valence-corrected chi connectivity index (χ1v) is 10.6. The van der Waals surface area contributed by atoms with Crippen molar-refractivity contribution in [1.82, 2.24) is 15.2 Å². The van der Waals surface area contributed by atoms with Crippen LogP contribution >= 0.6 is 39.0 Å². The summed E-state index contributed by atoms with van der Waals surface area (Å²) in [6, 6.07) is 13.6. The molecule has 1 amide bonds. The summed E-state index contributed by atoms with van der Waals surface area (Å²) in [7, 11) is 0. The van der Waals surface area contributed by atoms with Gasteiger partial charge in [-0.3, -0.25) is 4.79 Å². The van der Waals surface area contributed by atoms with Crippen molar-refractivity contribution in [3.63, 3.8) is 0 Å². The lowest BCUT2D eigenvalue weighted by Crippen LogP contribution is -2.13. The highest BCUT2D eigenvalue weighted by atomic mass is 79.9. The summed E-state index contributed by atoms with van der Waals surface area (Å²) in [5.74, 6) is 0.411. The van der Waals surface area contributed by atoms with Crippen molar-refractivity contribution in [3.05, 3.63) is 52.5 Å². The van der Waals surface area contributed by atoms with Crippen molar-refractivity contribution in [2.24, 2.45) is 0 Å². The molecule has 2 aromatic heterocycles. The van der Waals surface area contributed by atoms with Gasteiger partial charge in [-0.2, -0.15) is 0 Å². The normalized spacial score (nSPS) is 11.0. The van der Waals surface area contributed by atoms with Gasteiger partial charge in [0.05, 0.1) is 16.0 Å². The maximum absolute atomic E-state index is 12.2. The smallest absolute Gasteiger partial charge is 0.277 e. The number of benzene rings is 2. The number of nitrogens with one attached hydrogen (secondary N) is 1. The lowest BCUT2D eigenvalue weighted by Gasteiger charge is -1.98. The highest BCUT2D eigenvalue weighted by Gasteiger charge is 2.13. The number of hydrogen-bond acceptors (Lipinski definition) is 7. The fourth-order valence-electron chi connectivity index (χ4n) is 2.37. The van der Waals surface area contributed by atoms with E-state index in [2.05, 4.69) is 42.5 Å². The predicted molar refractivity (Wildman–Crippen MR) is 111 cm³/mol. The number of nitrogens with zero attached hydrogens (tertiary/aromatic N) is 3. The van der Waals surface area contributed by atoms with Crippen molar-refractivity contribution in [2.45, 2.75) is 12.1 Å². The molecule has 0 aliphatic rings. The van der Waals surface area contributed by atoms with Crippen LogP contribution in [0.5, 0.6) is 0 Å². The van der Waals surface area contributed by atoms with Crippen LogP contribution in [0.1, 0.15) is 5.56 Å². The third-order valence-corrected chi connectivity index (χ3v) is 5.84. The van der Waals surface area contributed by atoms with Gasteiger partial charge in [0.15, 0.2) is 5.13 Å². The number of amides is 1. The Morgan fingerprint density at radius 3 is 3.00 bits per heavy atom. The van der Waals surface area contributed by atoms with Gasteiger partial charge >= 0.3 is 0 Å². The molecule has 0 fully saturated rings. The van der Waals surface area contributed by atoms with E-state index in [1.54, 1.807) is 0 Å². The minimum atomic E-state index is -0.169. The van der Waals surface area contributed by atoms with Crippen LogP contribution in [0.2, 0.25) is 0 Å². The number of carbonyl (C=O) groups excluding carboxylic acids is 1. The second-order valence-corrected chi connectivity index (χ2v) is 8.58. The fraction of sp³-hybridized carbons (Fsp3) is 0.111. The Hall–Kier alpha value is -2.23.